The van der Waals surface area contributed by atoms with Gasteiger partial charge >= 0.3 is 12.0 Å². The van der Waals surface area contributed by atoms with Crippen molar-refractivity contribution in [1.82, 2.24) is 9.80 Å². The average Bonchev–Trinajstić information content (AvgIpc) is 3.25. The Hall–Kier alpha value is -3.16. The lowest BCUT2D eigenvalue weighted by Gasteiger charge is -2.22. The van der Waals surface area contributed by atoms with E-state index >= 15 is 0 Å². The highest BCUT2D eigenvalue weighted by Crippen LogP contribution is 2.41. The number of rotatable bonds is 8. The van der Waals surface area contributed by atoms with Crippen molar-refractivity contribution in [3.63, 3.8) is 0 Å². The average molecular weight is 468 g/mol. The van der Waals surface area contributed by atoms with E-state index in [0.717, 1.165) is 24.8 Å². The lowest BCUT2D eigenvalue weighted by atomic mass is 9.90. The summed E-state index contributed by atoms with van der Waals surface area (Å²) in [6.45, 7) is 3.55. The second-order valence-electron chi connectivity index (χ2n) is 10.1. The summed E-state index contributed by atoms with van der Waals surface area (Å²) in [6.07, 6.45) is 6.30. The van der Waals surface area contributed by atoms with Gasteiger partial charge in [0.15, 0.2) is 0 Å². The summed E-state index contributed by atoms with van der Waals surface area (Å²) in [6, 6.07) is 5.65. The van der Waals surface area contributed by atoms with Gasteiger partial charge in [0.2, 0.25) is 0 Å². The minimum Gasteiger partial charge on any atom is -0.481 e. The van der Waals surface area contributed by atoms with Gasteiger partial charge in [0.1, 0.15) is 5.54 Å². The summed E-state index contributed by atoms with van der Waals surface area (Å²) in [5.74, 6) is -2.06. The van der Waals surface area contributed by atoms with Crippen molar-refractivity contribution in [2.45, 2.75) is 70.8 Å². The molecule has 8 heteroatoms. The molecule has 1 fully saturated rings. The quantitative estimate of drug-likeness (QED) is 0.256. The zero-order valence-corrected chi connectivity index (χ0v) is 20.1. The number of amides is 3. The van der Waals surface area contributed by atoms with Gasteiger partial charge in [0, 0.05) is 20.0 Å². The predicted octanol–water partition coefficient (Wildman–Crippen LogP) is 4.29. The number of nitrogens with zero attached hydrogens (tertiary/aromatic N) is 3. The normalized spacial score (nSPS) is 20.6. The molecule has 2 aliphatic carbocycles. The molecule has 1 saturated heterocycles. The van der Waals surface area contributed by atoms with Crippen LogP contribution in [0.1, 0.15) is 75.5 Å². The van der Waals surface area contributed by atoms with Crippen molar-refractivity contribution in [3.05, 3.63) is 40.5 Å². The van der Waals surface area contributed by atoms with E-state index in [0.29, 0.717) is 12.1 Å². The maximum Gasteiger partial charge on any atom is 0.327 e. The first-order valence-electron chi connectivity index (χ1n) is 12.0. The molecule has 0 bridgehead atoms. The van der Waals surface area contributed by atoms with Gasteiger partial charge in [-0.3, -0.25) is 14.5 Å². The highest BCUT2D eigenvalue weighted by atomic mass is 16.4. The van der Waals surface area contributed by atoms with E-state index in [2.05, 4.69) is 11.2 Å². The van der Waals surface area contributed by atoms with Gasteiger partial charge in [-0.25, -0.2) is 4.79 Å². The SMILES string of the molecule is CN1C(=O)N(CCC[C@@H](CC(=NO)c2ccc3c(c2)CC2=C3CCCC2)C(=O)O)C(=O)C1(C)C. The van der Waals surface area contributed by atoms with E-state index < -0.39 is 17.4 Å². The molecule has 2 N–H and O–H groups in total. The molecule has 0 unspecified atom stereocenters. The van der Waals surface area contributed by atoms with Crippen LogP contribution >= 0.6 is 0 Å². The van der Waals surface area contributed by atoms with E-state index in [1.165, 1.54) is 44.9 Å². The fourth-order valence-corrected chi connectivity index (χ4v) is 5.37. The smallest absolute Gasteiger partial charge is 0.327 e. The first-order valence-corrected chi connectivity index (χ1v) is 12.0. The first-order chi connectivity index (χ1) is 16.1. The molecule has 4 rings (SSSR count). The summed E-state index contributed by atoms with van der Waals surface area (Å²) >= 11 is 0. The number of carboxylic acid groups (broad SMARTS) is 1. The molecule has 1 aromatic carbocycles. The second kappa shape index (κ2) is 9.24. The van der Waals surface area contributed by atoms with E-state index in [4.69, 9.17) is 0 Å². The van der Waals surface area contributed by atoms with Gasteiger partial charge in [-0.05, 0) is 87.1 Å². The number of allylic oxidation sites excluding steroid dienone is 2. The molecule has 0 spiro atoms. The Bertz CT molecular complexity index is 1090. The zero-order valence-electron chi connectivity index (χ0n) is 20.1. The van der Waals surface area contributed by atoms with Gasteiger partial charge in [0.05, 0.1) is 11.6 Å². The van der Waals surface area contributed by atoms with E-state index in [-0.39, 0.29) is 31.3 Å². The van der Waals surface area contributed by atoms with Gasteiger partial charge in [-0.15, -0.1) is 0 Å². The lowest BCUT2D eigenvalue weighted by Crippen LogP contribution is -2.41. The number of carbonyl (C=O) groups is 3. The van der Waals surface area contributed by atoms with Gasteiger partial charge < -0.3 is 15.2 Å². The van der Waals surface area contributed by atoms with Crippen molar-refractivity contribution >= 4 is 29.2 Å². The number of urea groups is 1. The van der Waals surface area contributed by atoms with Gasteiger partial charge in [-0.2, -0.15) is 0 Å². The fourth-order valence-electron chi connectivity index (χ4n) is 5.37. The molecule has 0 aromatic heterocycles. The summed E-state index contributed by atoms with van der Waals surface area (Å²) in [4.78, 5) is 39.5. The first kappa shape index (κ1) is 24.0. The number of benzene rings is 1. The number of fused-ring (bicyclic) bond motifs is 2. The molecule has 34 heavy (non-hydrogen) atoms. The highest BCUT2D eigenvalue weighted by Gasteiger charge is 2.48. The van der Waals surface area contributed by atoms with Crippen LogP contribution < -0.4 is 0 Å². The molecular weight excluding hydrogens is 434 g/mol. The van der Waals surface area contributed by atoms with Crippen LogP contribution in [0.2, 0.25) is 0 Å². The Balaban J connectivity index is 1.40. The number of likely N-dealkylation sites (N-methyl/N-ethyl adjacent to an activating group) is 1. The van der Waals surface area contributed by atoms with Crippen molar-refractivity contribution in [2.75, 3.05) is 13.6 Å². The molecule has 1 aromatic rings. The molecular formula is C26H33N3O5. The van der Waals surface area contributed by atoms with E-state index in [1.54, 1.807) is 20.9 Å². The Kier molecular flexibility index (Phi) is 6.51. The highest BCUT2D eigenvalue weighted by molar-refractivity contribution is 6.06. The maximum absolute atomic E-state index is 12.5. The number of carboxylic acids is 1. The van der Waals surface area contributed by atoms with Gasteiger partial charge in [-0.1, -0.05) is 22.9 Å². The molecule has 1 atom stereocenters. The summed E-state index contributed by atoms with van der Waals surface area (Å²) in [7, 11) is 1.59. The number of hydrogen-bond donors (Lipinski definition) is 2. The monoisotopic (exact) mass is 467 g/mol. The number of imide groups is 1. The van der Waals surface area contributed by atoms with Crippen LogP contribution in [0.5, 0.6) is 0 Å². The molecule has 182 valence electrons. The standard InChI is InChI=1S/C26H33N3O5/c1-26(2)24(32)29(25(33)28(26)3)12-6-8-18(23(30)31)15-22(27-34)17-10-11-21-19(14-17)13-16-7-4-5-9-20(16)21/h10-11,14,18,34H,4-9,12-13,15H2,1-3H3,(H,30,31)/t18-/m0/s1. The molecule has 3 amide bonds. The van der Waals surface area contributed by atoms with Crippen LogP contribution in [0.15, 0.2) is 28.9 Å². The Morgan fingerprint density at radius 2 is 1.94 bits per heavy atom. The molecule has 1 heterocycles. The minimum atomic E-state index is -0.990. The molecule has 0 radical (unpaired) electrons. The largest absolute Gasteiger partial charge is 0.481 e. The lowest BCUT2D eigenvalue weighted by molar-refractivity contribution is -0.141. The minimum absolute atomic E-state index is 0.0745. The van der Waals surface area contributed by atoms with E-state index in [9.17, 15) is 24.7 Å². The van der Waals surface area contributed by atoms with Gasteiger partial charge in [0.25, 0.3) is 5.91 Å². The molecule has 1 aliphatic heterocycles. The number of aliphatic carboxylic acids is 1. The number of oxime groups is 1. The number of hydrogen-bond acceptors (Lipinski definition) is 5. The van der Waals surface area contributed by atoms with Crippen molar-refractivity contribution < 1.29 is 24.7 Å². The van der Waals surface area contributed by atoms with Crippen LogP contribution in [0.4, 0.5) is 4.79 Å². The Morgan fingerprint density at radius 1 is 1.21 bits per heavy atom. The Morgan fingerprint density at radius 3 is 2.59 bits per heavy atom. The summed E-state index contributed by atoms with van der Waals surface area (Å²) in [5, 5.41) is 22.9. The summed E-state index contributed by atoms with van der Waals surface area (Å²) in [5.41, 5.74) is 5.63. The van der Waals surface area contributed by atoms with Crippen LogP contribution in [0.25, 0.3) is 5.57 Å². The van der Waals surface area contributed by atoms with Crippen LogP contribution in [-0.2, 0) is 16.0 Å². The molecule has 3 aliphatic rings. The molecule has 8 nitrogen and oxygen atoms in total. The van der Waals surface area contributed by atoms with Crippen LogP contribution in [-0.4, -0.2) is 62.9 Å². The van der Waals surface area contributed by atoms with E-state index in [1.807, 2.05) is 12.1 Å². The second-order valence-corrected chi connectivity index (χ2v) is 10.1. The maximum atomic E-state index is 12.5. The predicted molar refractivity (Wildman–Crippen MR) is 128 cm³/mol. The third-order valence-corrected chi connectivity index (χ3v) is 7.72. The zero-order chi connectivity index (χ0) is 24.6. The summed E-state index contributed by atoms with van der Waals surface area (Å²) < 4.78 is 0. The van der Waals surface area contributed by atoms with Crippen molar-refractivity contribution in [2.24, 2.45) is 11.1 Å². The van der Waals surface area contributed by atoms with Crippen LogP contribution in [0, 0.1) is 5.92 Å². The Labute approximate surface area is 199 Å². The van der Waals surface area contributed by atoms with Crippen LogP contribution in [0.3, 0.4) is 0 Å². The third kappa shape index (κ3) is 4.21. The molecule has 0 saturated carbocycles. The fraction of sp³-hybridized carbons (Fsp3) is 0.538. The van der Waals surface area contributed by atoms with Crippen molar-refractivity contribution in [3.8, 4) is 0 Å². The van der Waals surface area contributed by atoms with Crippen molar-refractivity contribution in [1.29, 1.82) is 0 Å². The third-order valence-electron chi connectivity index (χ3n) is 7.72. The number of carbonyl (C=O) groups excluding carboxylic acids is 2. The topological polar surface area (TPSA) is 111 Å².